The first-order chi connectivity index (χ1) is 11.2. The number of rotatable bonds is 3. The van der Waals surface area contributed by atoms with E-state index in [9.17, 15) is 9.59 Å². The Kier molecular flexibility index (Phi) is 5.52. The van der Waals surface area contributed by atoms with Crippen LogP contribution in [0.1, 0.15) is 46.2 Å². The molecule has 0 bridgehead atoms. The molecule has 1 heterocycles. The molecule has 0 N–H and O–H groups in total. The lowest BCUT2D eigenvalue weighted by molar-refractivity contribution is -0.150. The van der Waals surface area contributed by atoms with Crippen LogP contribution in [0.25, 0.3) is 0 Å². The highest BCUT2D eigenvalue weighted by Gasteiger charge is 2.48. The molecule has 2 rings (SSSR count). The fourth-order valence-electron chi connectivity index (χ4n) is 3.19. The quantitative estimate of drug-likeness (QED) is 0.790. The van der Waals surface area contributed by atoms with E-state index in [1.165, 1.54) is 0 Å². The normalized spacial score (nSPS) is 23.9. The third kappa shape index (κ3) is 4.08. The third-order valence-corrected chi connectivity index (χ3v) is 4.10. The van der Waals surface area contributed by atoms with Crippen molar-refractivity contribution < 1.29 is 19.1 Å². The van der Waals surface area contributed by atoms with Crippen molar-refractivity contribution in [3.05, 3.63) is 35.9 Å². The van der Waals surface area contributed by atoms with Gasteiger partial charge in [0.05, 0.1) is 18.6 Å². The van der Waals surface area contributed by atoms with Crippen LogP contribution in [-0.2, 0) is 14.3 Å². The molecule has 0 unspecified atom stereocenters. The summed E-state index contributed by atoms with van der Waals surface area (Å²) in [4.78, 5) is 26.8. The molecule has 24 heavy (non-hydrogen) atoms. The van der Waals surface area contributed by atoms with Crippen LogP contribution in [0, 0.1) is 11.8 Å². The first kappa shape index (κ1) is 18.3. The lowest BCUT2D eigenvalue weighted by atomic mass is 9.88. The van der Waals surface area contributed by atoms with Crippen molar-refractivity contribution in [1.82, 2.24) is 4.90 Å². The van der Waals surface area contributed by atoms with E-state index in [2.05, 4.69) is 0 Å². The maximum atomic E-state index is 12.7. The predicted octanol–water partition coefficient (Wildman–Crippen LogP) is 3.79. The van der Waals surface area contributed by atoms with Crippen LogP contribution in [0.4, 0.5) is 4.79 Å². The van der Waals surface area contributed by atoms with Gasteiger partial charge in [0, 0.05) is 6.54 Å². The highest BCUT2D eigenvalue weighted by Crippen LogP contribution is 2.42. The standard InChI is InChI=1S/C19H27NO4/c1-6-23-17(21)15-13(2)12-20(18(22)24-19(3,4)5)16(15)14-10-8-7-9-11-14/h7-11,13,15-16H,6,12H2,1-5H3/t13-,15+,16-/m0/s1. The molecule has 1 saturated heterocycles. The molecule has 132 valence electrons. The van der Waals surface area contributed by atoms with Crippen molar-refractivity contribution in [2.75, 3.05) is 13.2 Å². The van der Waals surface area contributed by atoms with Gasteiger partial charge in [-0.1, -0.05) is 37.3 Å². The number of benzene rings is 1. The van der Waals surface area contributed by atoms with Crippen molar-refractivity contribution in [1.29, 1.82) is 0 Å². The van der Waals surface area contributed by atoms with Crippen LogP contribution in [-0.4, -0.2) is 35.7 Å². The van der Waals surface area contributed by atoms with Gasteiger partial charge in [0.15, 0.2) is 0 Å². The third-order valence-electron chi connectivity index (χ3n) is 4.10. The average molecular weight is 333 g/mol. The number of ether oxygens (including phenoxy) is 2. The van der Waals surface area contributed by atoms with E-state index in [0.717, 1.165) is 5.56 Å². The molecule has 0 aromatic heterocycles. The van der Waals surface area contributed by atoms with E-state index in [4.69, 9.17) is 9.47 Å². The molecular formula is C19H27NO4. The largest absolute Gasteiger partial charge is 0.466 e. The minimum absolute atomic E-state index is 0.00164. The van der Waals surface area contributed by atoms with Crippen molar-refractivity contribution >= 4 is 12.1 Å². The van der Waals surface area contributed by atoms with Gasteiger partial charge in [-0.3, -0.25) is 9.69 Å². The monoisotopic (exact) mass is 333 g/mol. The van der Waals surface area contributed by atoms with Crippen molar-refractivity contribution in [3.8, 4) is 0 Å². The minimum Gasteiger partial charge on any atom is -0.466 e. The van der Waals surface area contributed by atoms with Gasteiger partial charge < -0.3 is 9.47 Å². The first-order valence-electron chi connectivity index (χ1n) is 8.45. The van der Waals surface area contributed by atoms with Gasteiger partial charge in [-0.2, -0.15) is 0 Å². The minimum atomic E-state index is -0.580. The van der Waals surface area contributed by atoms with Crippen LogP contribution < -0.4 is 0 Å². The average Bonchev–Trinajstić information content (AvgIpc) is 2.84. The van der Waals surface area contributed by atoms with Gasteiger partial charge in [0.1, 0.15) is 5.60 Å². The summed E-state index contributed by atoms with van der Waals surface area (Å²) < 4.78 is 10.8. The Morgan fingerprint density at radius 3 is 2.38 bits per heavy atom. The van der Waals surface area contributed by atoms with Crippen molar-refractivity contribution in [2.45, 2.75) is 46.3 Å². The highest BCUT2D eigenvalue weighted by molar-refractivity contribution is 5.77. The van der Waals surface area contributed by atoms with Crippen LogP contribution in [0.3, 0.4) is 0 Å². The Morgan fingerprint density at radius 1 is 1.21 bits per heavy atom. The number of hydrogen-bond donors (Lipinski definition) is 0. The van der Waals surface area contributed by atoms with E-state index in [-0.39, 0.29) is 23.8 Å². The van der Waals surface area contributed by atoms with Crippen LogP contribution >= 0.6 is 0 Å². The lowest BCUT2D eigenvalue weighted by Crippen LogP contribution is -2.38. The zero-order valence-corrected chi connectivity index (χ0v) is 15.1. The van der Waals surface area contributed by atoms with Gasteiger partial charge in [0.25, 0.3) is 0 Å². The fourth-order valence-corrected chi connectivity index (χ4v) is 3.19. The topological polar surface area (TPSA) is 55.8 Å². The summed E-state index contributed by atoms with van der Waals surface area (Å²) in [6, 6.07) is 9.24. The molecule has 1 aromatic rings. The van der Waals surface area contributed by atoms with E-state index in [1.807, 2.05) is 58.0 Å². The molecule has 1 aliphatic heterocycles. The number of hydrogen-bond acceptors (Lipinski definition) is 4. The lowest BCUT2D eigenvalue weighted by Gasteiger charge is -2.30. The Balaban J connectivity index is 2.36. The number of amides is 1. The summed E-state index contributed by atoms with van der Waals surface area (Å²) in [5.41, 5.74) is 0.342. The molecule has 5 nitrogen and oxygen atoms in total. The second-order valence-electron chi connectivity index (χ2n) is 7.24. The summed E-state index contributed by atoms with van der Waals surface area (Å²) in [6.07, 6.45) is -0.394. The summed E-state index contributed by atoms with van der Waals surface area (Å²) in [6.45, 7) is 10.1. The number of nitrogens with zero attached hydrogens (tertiary/aromatic N) is 1. The van der Waals surface area contributed by atoms with Crippen molar-refractivity contribution in [2.24, 2.45) is 11.8 Å². The smallest absolute Gasteiger partial charge is 0.410 e. The molecule has 5 heteroatoms. The first-order valence-corrected chi connectivity index (χ1v) is 8.45. The summed E-state index contributed by atoms with van der Waals surface area (Å²) >= 11 is 0. The van der Waals surface area contributed by atoms with E-state index in [0.29, 0.717) is 13.2 Å². The predicted molar refractivity (Wildman–Crippen MR) is 91.4 cm³/mol. The van der Waals surface area contributed by atoms with Crippen LogP contribution in [0.15, 0.2) is 30.3 Å². The Labute approximate surface area is 143 Å². The molecular weight excluding hydrogens is 306 g/mol. The zero-order chi connectivity index (χ0) is 17.9. The number of esters is 1. The van der Waals surface area contributed by atoms with Gasteiger partial charge in [-0.15, -0.1) is 0 Å². The number of carbonyl (C=O) groups is 2. The highest BCUT2D eigenvalue weighted by atomic mass is 16.6. The zero-order valence-electron chi connectivity index (χ0n) is 15.1. The molecule has 1 amide bonds. The van der Waals surface area contributed by atoms with E-state index in [1.54, 1.807) is 11.8 Å². The summed E-state index contributed by atoms with van der Waals surface area (Å²) in [5.74, 6) is -0.647. The van der Waals surface area contributed by atoms with Crippen LogP contribution in [0.5, 0.6) is 0 Å². The van der Waals surface area contributed by atoms with Gasteiger partial charge in [0.2, 0.25) is 0 Å². The molecule has 0 saturated carbocycles. The molecule has 1 aliphatic rings. The van der Waals surface area contributed by atoms with Crippen molar-refractivity contribution in [3.63, 3.8) is 0 Å². The van der Waals surface area contributed by atoms with E-state index < -0.39 is 11.7 Å². The number of carbonyl (C=O) groups excluding carboxylic acids is 2. The molecule has 1 aromatic carbocycles. The molecule has 3 atom stereocenters. The van der Waals surface area contributed by atoms with Gasteiger partial charge in [-0.05, 0) is 39.2 Å². The Bertz CT molecular complexity index is 579. The SMILES string of the molecule is CCOC(=O)[C@@H]1[C@@H](C)CN(C(=O)OC(C)(C)C)[C@H]1c1ccccc1. The summed E-state index contributed by atoms with van der Waals surface area (Å²) in [7, 11) is 0. The summed E-state index contributed by atoms with van der Waals surface area (Å²) in [5, 5.41) is 0. The van der Waals surface area contributed by atoms with E-state index >= 15 is 0 Å². The maximum Gasteiger partial charge on any atom is 0.410 e. The molecule has 1 fully saturated rings. The molecule has 0 aliphatic carbocycles. The van der Waals surface area contributed by atoms with Gasteiger partial charge >= 0.3 is 12.1 Å². The fraction of sp³-hybridized carbons (Fsp3) is 0.579. The molecule has 0 spiro atoms. The van der Waals surface area contributed by atoms with Crippen LogP contribution in [0.2, 0.25) is 0 Å². The Hall–Kier alpha value is -2.04. The maximum absolute atomic E-state index is 12.7. The second-order valence-corrected chi connectivity index (χ2v) is 7.24. The van der Waals surface area contributed by atoms with Gasteiger partial charge in [-0.25, -0.2) is 4.79 Å². The number of likely N-dealkylation sites (tertiary alicyclic amines) is 1. The second kappa shape index (κ2) is 7.24. The Morgan fingerprint density at radius 2 is 1.83 bits per heavy atom. The molecule has 0 radical (unpaired) electrons.